The molecule has 0 radical (unpaired) electrons. The van der Waals surface area contributed by atoms with Gasteiger partial charge in [-0.05, 0) is 31.0 Å². The van der Waals surface area contributed by atoms with Crippen LogP contribution in [0.15, 0.2) is 18.2 Å². The zero-order chi connectivity index (χ0) is 27.0. The molecule has 38 heavy (non-hydrogen) atoms. The van der Waals surface area contributed by atoms with Crippen LogP contribution in [-0.4, -0.2) is 69.6 Å². The van der Waals surface area contributed by atoms with E-state index < -0.39 is 48.6 Å². The summed E-state index contributed by atoms with van der Waals surface area (Å²) in [4.78, 5) is 23.5. The SMILES string of the molecule is CC.O=C(NC1CC1)c1cc(F)c(COc2nc3nc(O[C@@H]4COC5[C@H](O)CO[C@@H]54)[nH]c3cc2Cl)c(F)c1. The summed E-state index contributed by atoms with van der Waals surface area (Å²) in [6, 6.07) is 3.65. The topological polar surface area (TPSA) is 128 Å². The predicted octanol–water partition coefficient (Wildman–Crippen LogP) is 3.29. The summed E-state index contributed by atoms with van der Waals surface area (Å²) in [6.45, 7) is 3.89. The fraction of sp³-hybridized carbons (Fsp3) is 0.480. The quantitative estimate of drug-likeness (QED) is 0.407. The molecule has 1 unspecified atom stereocenters. The van der Waals surface area contributed by atoms with E-state index in [0.717, 1.165) is 25.0 Å². The second kappa shape index (κ2) is 11.0. The van der Waals surface area contributed by atoms with Crippen LogP contribution >= 0.6 is 11.6 Å². The lowest BCUT2D eigenvalue weighted by molar-refractivity contribution is 0.00706. The molecule has 1 saturated carbocycles. The highest BCUT2D eigenvalue weighted by molar-refractivity contribution is 6.32. The van der Waals surface area contributed by atoms with E-state index in [4.69, 9.17) is 30.5 Å². The first-order valence-electron chi connectivity index (χ1n) is 12.4. The minimum atomic E-state index is -0.917. The average Bonchev–Trinajstić information content (AvgIpc) is 3.31. The van der Waals surface area contributed by atoms with Gasteiger partial charge in [0, 0.05) is 11.6 Å². The number of pyridine rings is 1. The number of aromatic amines is 1. The second-order valence-electron chi connectivity index (χ2n) is 8.96. The van der Waals surface area contributed by atoms with Crippen LogP contribution in [0.2, 0.25) is 5.02 Å². The van der Waals surface area contributed by atoms with Crippen LogP contribution in [0.25, 0.3) is 11.2 Å². The maximum atomic E-state index is 14.6. The number of H-pyrrole nitrogens is 1. The Morgan fingerprint density at radius 1 is 1.16 bits per heavy atom. The number of aliphatic hydroxyl groups is 1. The lowest BCUT2D eigenvalue weighted by atomic mass is 10.1. The molecule has 13 heteroatoms. The number of amides is 1. The molecular weight excluding hydrogens is 526 g/mol. The Bertz CT molecular complexity index is 1310. The van der Waals surface area contributed by atoms with Gasteiger partial charge in [0.05, 0.1) is 24.3 Å². The Hall–Kier alpha value is -3.06. The minimum Gasteiger partial charge on any atom is -0.471 e. The van der Waals surface area contributed by atoms with Gasteiger partial charge in [-0.1, -0.05) is 25.4 Å². The molecule has 3 aromatic rings. The number of nitrogens with one attached hydrogen (secondary N) is 2. The third kappa shape index (κ3) is 5.39. The molecule has 204 valence electrons. The molecule has 1 amide bonds. The van der Waals surface area contributed by atoms with Crippen molar-refractivity contribution in [3.05, 3.63) is 46.0 Å². The van der Waals surface area contributed by atoms with E-state index in [9.17, 15) is 18.7 Å². The zero-order valence-corrected chi connectivity index (χ0v) is 21.4. The van der Waals surface area contributed by atoms with Crippen molar-refractivity contribution in [3.8, 4) is 11.9 Å². The van der Waals surface area contributed by atoms with Crippen molar-refractivity contribution in [2.24, 2.45) is 0 Å². The number of hydrogen-bond acceptors (Lipinski definition) is 8. The molecule has 2 aromatic heterocycles. The summed E-state index contributed by atoms with van der Waals surface area (Å²) < 4.78 is 51.5. The van der Waals surface area contributed by atoms with E-state index in [1.807, 2.05) is 13.8 Å². The predicted molar refractivity (Wildman–Crippen MR) is 131 cm³/mol. The van der Waals surface area contributed by atoms with Crippen molar-refractivity contribution in [1.29, 1.82) is 0 Å². The van der Waals surface area contributed by atoms with Gasteiger partial charge in [0.1, 0.15) is 41.6 Å². The molecule has 0 bridgehead atoms. The van der Waals surface area contributed by atoms with E-state index in [1.165, 1.54) is 6.07 Å². The summed E-state index contributed by atoms with van der Waals surface area (Å²) in [7, 11) is 0. The summed E-state index contributed by atoms with van der Waals surface area (Å²) in [6.07, 6.45) is -0.323. The highest BCUT2D eigenvalue weighted by Crippen LogP contribution is 2.32. The normalized spacial score (nSPS) is 24.1. The Labute approximate surface area is 221 Å². The molecular formula is C25H27ClF2N4O6. The highest BCUT2D eigenvalue weighted by atomic mass is 35.5. The van der Waals surface area contributed by atoms with Gasteiger partial charge in [0.15, 0.2) is 11.8 Å². The average molecular weight is 553 g/mol. The maximum Gasteiger partial charge on any atom is 0.296 e. The molecule has 4 heterocycles. The fourth-order valence-electron chi connectivity index (χ4n) is 4.23. The number of hydrogen-bond donors (Lipinski definition) is 3. The van der Waals surface area contributed by atoms with Crippen LogP contribution in [0.5, 0.6) is 11.9 Å². The van der Waals surface area contributed by atoms with Crippen LogP contribution in [-0.2, 0) is 16.1 Å². The number of halogens is 3. The van der Waals surface area contributed by atoms with Crippen LogP contribution < -0.4 is 14.8 Å². The first-order chi connectivity index (χ1) is 18.4. The van der Waals surface area contributed by atoms with Gasteiger partial charge in [0.2, 0.25) is 5.88 Å². The third-order valence-electron chi connectivity index (χ3n) is 6.29. The molecule has 2 aliphatic heterocycles. The summed E-state index contributed by atoms with van der Waals surface area (Å²) in [5.41, 5.74) is 0.198. The molecule has 3 fully saturated rings. The van der Waals surface area contributed by atoms with Crippen molar-refractivity contribution in [2.45, 2.75) is 63.8 Å². The van der Waals surface area contributed by atoms with Crippen LogP contribution in [0.1, 0.15) is 42.6 Å². The van der Waals surface area contributed by atoms with Gasteiger partial charge in [-0.3, -0.25) is 4.79 Å². The molecule has 3 N–H and O–H groups in total. The Morgan fingerprint density at radius 2 is 1.87 bits per heavy atom. The first-order valence-corrected chi connectivity index (χ1v) is 12.8. The smallest absolute Gasteiger partial charge is 0.296 e. The number of nitrogens with zero attached hydrogens (tertiary/aromatic N) is 2. The molecule has 6 rings (SSSR count). The zero-order valence-electron chi connectivity index (χ0n) is 20.7. The van der Waals surface area contributed by atoms with Gasteiger partial charge >= 0.3 is 0 Å². The van der Waals surface area contributed by atoms with E-state index in [1.54, 1.807) is 0 Å². The van der Waals surface area contributed by atoms with Crippen LogP contribution in [0.4, 0.5) is 8.78 Å². The van der Waals surface area contributed by atoms with Gasteiger partial charge in [-0.25, -0.2) is 8.78 Å². The lowest BCUT2D eigenvalue weighted by Gasteiger charge is -2.15. The minimum absolute atomic E-state index is 0.0649. The number of aliphatic hydroxyl groups excluding tert-OH is 1. The molecule has 2 saturated heterocycles. The van der Waals surface area contributed by atoms with Crippen LogP contribution in [0, 0.1) is 11.6 Å². The number of carbonyl (C=O) groups is 1. The Morgan fingerprint density at radius 3 is 2.58 bits per heavy atom. The molecule has 10 nitrogen and oxygen atoms in total. The molecule has 1 aromatic carbocycles. The fourth-order valence-corrected chi connectivity index (χ4v) is 4.44. The lowest BCUT2D eigenvalue weighted by Crippen LogP contribution is -2.34. The second-order valence-corrected chi connectivity index (χ2v) is 9.37. The molecule has 1 aliphatic carbocycles. The maximum absolute atomic E-state index is 14.6. The monoisotopic (exact) mass is 552 g/mol. The standard InChI is InChI=1S/C23H21ClF2N4O6.C2H6/c24-12-5-15-20(30-23(28-15)36-17-8-34-18-16(31)7-33-19(17)18)29-22(12)35-6-11-13(25)3-9(4-14(11)26)21(32)27-10-1-2-10;1-2/h3-5,10,16-19,31H,1-2,6-8H2,(H,27,32)(H,28,29,30);1-2H3/t16-,17-,18?,19-;/m1./s1. The van der Waals surface area contributed by atoms with Crippen molar-refractivity contribution < 1.29 is 37.6 Å². The largest absolute Gasteiger partial charge is 0.471 e. The Kier molecular flexibility index (Phi) is 7.66. The Balaban J connectivity index is 0.00000144. The van der Waals surface area contributed by atoms with Gasteiger partial charge in [0.25, 0.3) is 11.9 Å². The van der Waals surface area contributed by atoms with Crippen molar-refractivity contribution in [1.82, 2.24) is 20.3 Å². The van der Waals surface area contributed by atoms with Crippen LogP contribution in [0.3, 0.4) is 0 Å². The summed E-state index contributed by atoms with van der Waals surface area (Å²) in [5, 5.41) is 12.6. The number of imidazole rings is 1. The molecule has 3 aliphatic rings. The number of ether oxygens (including phenoxy) is 4. The first kappa shape index (κ1) is 26.5. The van der Waals surface area contributed by atoms with Crippen molar-refractivity contribution in [3.63, 3.8) is 0 Å². The number of carbonyl (C=O) groups excluding carboxylic acids is 1. The van der Waals surface area contributed by atoms with Gasteiger partial charge in [-0.15, -0.1) is 0 Å². The van der Waals surface area contributed by atoms with E-state index >= 15 is 0 Å². The highest BCUT2D eigenvalue weighted by Gasteiger charge is 2.48. The number of benzene rings is 1. The summed E-state index contributed by atoms with van der Waals surface area (Å²) >= 11 is 6.25. The van der Waals surface area contributed by atoms with Gasteiger partial charge in [-0.2, -0.15) is 9.97 Å². The number of fused-ring (bicyclic) bond motifs is 2. The summed E-state index contributed by atoms with van der Waals surface area (Å²) in [5.74, 6) is -2.44. The van der Waals surface area contributed by atoms with Gasteiger partial charge < -0.3 is 34.4 Å². The number of rotatable bonds is 7. The molecule has 0 spiro atoms. The van der Waals surface area contributed by atoms with Crippen molar-refractivity contribution in [2.75, 3.05) is 13.2 Å². The van der Waals surface area contributed by atoms with E-state index in [-0.39, 0.29) is 52.9 Å². The van der Waals surface area contributed by atoms with E-state index in [0.29, 0.717) is 5.52 Å². The third-order valence-corrected chi connectivity index (χ3v) is 6.56. The number of aromatic nitrogens is 3. The van der Waals surface area contributed by atoms with Crippen molar-refractivity contribution >= 4 is 28.7 Å². The molecule has 4 atom stereocenters. The van der Waals surface area contributed by atoms with E-state index in [2.05, 4.69) is 20.3 Å².